The molecule has 4 N–H and O–H groups in total. The third-order valence-electron chi connectivity index (χ3n) is 6.98. The SMILES string of the molecule is CC(C)(C)OC(=O)N[C@@H](CCCCC/C=C\[C@@H]1C[C@@H]1C(=O)NS(=O)(=O)C1CC1)C(=O)N1CCC[C@H]1C(N)=O. The first-order chi connectivity index (χ1) is 17.8. The molecule has 0 aromatic carbocycles. The van der Waals surface area contributed by atoms with Crippen molar-refractivity contribution in [3.63, 3.8) is 0 Å². The lowest BCUT2D eigenvalue weighted by molar-refractivity contribution is -0.139. The zero-order valence-corrected chi connectivity index (χ0v) is 23.4. The predicted molar refractivity (Wildman–Crippen MR) is 141 cm³/mol. The van der Waals surface area contributed by atoms with Gasteiger partial charge in [-0.1, -0.05) is 25.0 Å². The molecule has 0 aromatic rings. The van der Waals surface area contributed by atoms with Crippen LogP contribution in [0.1, 0.15) is 85.0 Å². The van der Waals surface area contributed by atoms with E-state index in [-0.39, 0.29) is 17.7 Å². The minimum absolute atomic E-state index is 0.0723. The molecule has 0 bridgehead atoms. The number of nitrogens with one attached hydrogen (secondary N) is 2. The summed E-state index contributed by atoms with van der Waals surface area (Å²) in [5.74, 6) is -1.47. The lowest BCUT2D eigenvalue weighted by Gasteiger charge is -2.28. The van der Waals surface area contributed by atoms with Gasteiger partial charge < -0.3 is 20.7 Å². The summed E-state index contributed by atoms with van der Waals surface area (Å²) in [5.41, 5.74) is 4.76. The Kier molecular flexibility index (Phi) is 9.83. The number of nitrogens with two attached hydrogens (primary N) is 1. The minimum atomic E-state index is -3.50. The van der Waals surface area contributed by atoms with Crippen LogP contribution in [0.5, 0.6) is 0 Å². The minimum Gasteiger partial charge on any atom is -0.444 e. The highest BCUT2D eigenvalue weighted by molar-refractivity contribution is 7.90. The Morgan fingerprint density at radius 1 is 1.11 bits per heavy atom. The van der Waals surface area contributed by atoms with Crippen molar-refractivity contribution in [3.8, 4) is 0 Å². The number of amides is 4. The number of sulfonamides is 1. The van der Waals surface area contributed by atoms with E-state index in [0.29, 0.717) is 51.5 Å². The van der Waals surface area contributed by atoms with Crippen LogP contribution in [0, 0.1) is 11.8 Å². The van der Waals surface area contributed by atoms with Gasteiger partial charge in [0.05, 0.1) is 5.25 Å². The molecule has 1 heterocycles. The van der Waals surface area contributed by atoms with Crippen molar-refractivity contribution in [1.29, 1.82) is 0 Å². The van der Waals surface area contributed by atoms with Crippen LogP contribution in [0.3, 0.4) is 0 Å². The second kappa shape index (κ2) is 12.5. The molecule has 1 saturated heterocycles. The Labute approximate surface area is 225 Å². The molecule has 4 atom stereocenters. The lowest BCUT2D eigenvalue weighted by atomic mass is 10.0. The Balaban J connectivity index is 1.41. The van der Waals surface area contributed by atoms with E-state index < -0.39 is 50.9 Å². The number of alkyl carbamates (subject to hydrolysis) is 1. The number of hydrogen-bond donors (Lipinski definition) is 3. The zero-order valence-electron chi connectivity index (χ0n) is 22.6. The van der Waals surface area contributed by atoms with Gasteiger partial charge >= 0.3 is 6.09 Å². The lowest BCUT2D eigenvalue weighted by Crippen LogP contribution is -2.53. The van der Waals surface area contributed by atoms with E-state index in [4.69, 9.17) is 10.5 Å². The van der Waals surface area contributed by atoms with E-state index in [0.717, 1.165) is 19.3 Å². The summed E-state index contributed by atoms with van der Waals surface area (Å²) in [6, 6.07) is -1.46. The normalized spacial score (nSPS) is 24.2. The first-order valence-electron chi connectivity index (χ1n) is 13.6. The van der Waals surface area contributed by atoms with Crippen LogP contribution >= 0.6 is 0 Å². The van der Waals surface area contributed by atoms with Gasteiger partial charge in [0.2, 0.25) is 27.7 Å². The molecule has 214 valence electrons. The van der Waals surface area contributed by atoms with Gasteiger partial charge in [0.15, 0.2) is 0 Å². The number of hydrogen-bond acceptors (Lipinski definition) is 7. The van der Waals surface area contributed by atoms with E-state index in [1.165, 1.54) is 4.90 Å². The molecular weight excluding hydrogens is 512 g/mol. The van der Waals surface area contributed by atoms with Crippen molar-refractivity contribution >= 4 is 33.8 Å². The number of nitrogens with zero attached hydrogens (tertiary/aromatic N) is 1. The highest BCUT2D eigenvalue weighted by Gasteiger charge is 2.45. The summed E-state index contributed by atoms with van der Waals surface area (Å²) in [7, 11) is -3.50. The number of carbonyl (C=O) groups is 4. The second-order valence-electron chi connectivity index (χ2n) is 11.6. The number of ether oxygens (including phenoxy) is 1. The maximum absolute atomic E-state index is 13.2. The Hall–Kier alpha value is -2.63. The largest absolute Gasteiger partial charge is 0.444 e. The fourth-order valence-corrected chi connectivity index (χ4v) is 6.05. The molecule has 11 nitrogen and oxygen atoms in total. The highest BCUT2D eigenvalue weighted by Crippen LogP contribution is 2.40. The quantitative estimate of drug-likeness (QED) is 0.232. The molecular formula is C26H42N4O7S. The molecule has 4 amide bonds. The first-order valence-corrected chi connectivity index (χ1v) is 15.1. The third-order valence-corrected chi connectivity index (χ3v) is 8.82. The van der Waals surface area contributed by atoms with Gasteiger partial charge in [-0.2, -0.15) is 0 Å². The van der Waals surface area contributed by atoms with Gasteiger partial charge in [0.25, 0.3) is 0 Å². The van der Waals surface area contributed by atoms with Gasteiger partial charge in [-0.3, -0.25) is 19.1 Å². The van der Waals surface area contributed by atoms with Crippen LogP contribution in [0.4, 0.5) is 4.79 Å². The van der Waals surface area contributed by atoms with Crippen molar-refractivity contribution in [1.82, 2.24) is 14.9 Å². The topological polar surface area (TPSA) is 165 Å². The summed E-state index contributed by atoms with van der Waals surface area (Å²) < 4.78 is 31.4. The van der Waals surface area contributed by atoms with E-state index in [1.54, 1.807) is 20.8 Å². The van der Waals surface area contributed by atoms with Gasteiger partial charge in [-0.25, -0.2) is 13.2 Å². The maximum atomic E-state index is 13.2. The molecule has 0 unspecified atom stereocenters. The van der Waals surface area contributed by atoms with Crippen LogP contribution in [0.15, 0.2) is 12.2 Å². The molecule has 3 aliphatic rings. The predicted octanol–water partition coefficient (Wildman–Crippen LogP) is 2.11. The summed E-state index contributed by atoms with van der Waals surface area (Å²) in [6.07, 6.45) is 9.96. The molecule has 3 rings (SSSR count). The van der Waals surface area contributed by atoms with Crippen molar-refractivity contribution in [2.75, 3.05) is 6.54 Å². The summed E-state index contributed by atoms with van der Waals surface area (Å²) in [5, 5.41) is 2.27. The standard InChI is InChI=1S/C26H42N4O7S/c1-26(2,3)37-25(34)28-20(24(33)30-15-9-12-21(30)22(27)31)11-8-6-4-5-7-10-17-16-19(17)23(32)29-38(35,36)18-13-14-18/h7,10,17-21H,4-6,8-9,11-16H2,1-3H3,(H2,27,31)(H,28,34)(H,29,32)/b10-7-/t17-,19+,20+,21+/m1/s1. The van der Waals surface area contributed by atoms with E-state index >= 15 is 0 Å². The summed E-state index contributed by atoms with van der Waals surface area (Å²) in [4.78, 5) is 50.9. The van der Waals surface area contributed by atoms with Crippen molar-refractivity contribution in [2.45, 2.75) is 108 Å². The Morgan fingerprint density at radius 3 is 2.45 bits per heavy atom. The van der Waals surface area contributed by atoms with Crippen LogP contribution < -0.4 is 15.8 Å². The molecule has 0 radical (unpaired) electrons. The Morgan fingerprint density at radius 2 is 1.82 bits per heavy atom. The number of allylic oxidation sites excluding steroid dienone is 2. The second-order valence-corrected chi connectivity index (χ2v) is 13.5. The average Bonchev–Trinajstić information content (AvgIpc) is 3.72. The number of primary amides is 1. The summed E-state index contributed by atoms with van der Waals surface area (Å²) in [6.45, 7) is 5.66. The molecule has 0 spiro atoms. The van der Waals surface area contributed by atoms with Gasteiger partial charge in [-0.05, 0) is 78.1 Å². The van der Waals surface area contributed by atoms with Gasteiger partial charge in [0, 0.05) is 12.5 Å². The molecule has 0 aromatic heterocycles. The number of rotatable bonds is 13. The van der Waals surface area contributed by atoms with Crippen LogP contribution in [0.2, 0.25) is 0 Å². The molecule has 12 heteroatoms. The number of likely N-dealkylation sites (tertiary alicyclic amines) is 1. The number of unbranched alkanes of at least 4 members (excludes halogenated alkanes) is 3. The zero-order chi connectivity index (χ0) is 28.1. The molecule has 2 aliphatic carbocycles. The smallest absolute Gasteiger partial charge is 0.408 e. The molecule has 38 heavy (non-hydrogen) atoms. The van der Waals surface area contributed by atoms with Gasteiger partial charge in [0.1, 0.15) is 17.7 Å². The Bertz CT molecular complexity index is 1030. The average molecular weight is 555 g/mol. The summed E-state index contributed by atoms with van der Waals surface area (Å²) >= 11 is 0. The van der Waals surface area contributed by atoms with Crippen molar-refractivity contribution < 1.29 is 32.3 Å². The first kappa shape index (κ1) is 29.9. The van der Waals surface area contributed by atoms with Crippen molar-refractivity contribution in [3.05, 3.63) is 12.2 Å². The van der Waals surface area contributed by atoms with E-state index in [1.807, 2.05) is 12.2 Å². The van der Waals surface area contributed by atoms with E-state index in [9.17, 15) is 27.6 Å². The molecule has 2 saturated carbocycles. The molecule has 1 aliphatic heterocycles. The monoisotopic (exact) mass is 554 g/mol. The van der Waals surface area contributed by atoms with Crippen LogP contribution in [-0.2, 0) is 29.1 Å². The van der Waals surface area contributed by atoms with Crippen molar-refractivity contribution in [2.24, 2.45) is 17.6 Å². The maximum Gasteiger partial charge on any atom is 0.408 e. The number of carbonyl (C=O) groups excluding carboxylic acids is 4. The third kappa shape index (κ3) is 8.99. The van der Waals surface area contributed by atoms with Gasteiger partial charge in [-0.15, -0.1) is 0 Å². The fraction of sp³-hybridized carbons (Fsp3) is 0.769. The fourth-order valence-electron chi connectivity index (χ4n) is 4.70. The van der Waals surface area contributed by atoms with Crippen LogP contribution in [0.25, 0.3) is 0 Å². The van der Waals surface area contributed by atoms with E-state index in [2.05, 4.69) is 10.0 Å². The van der Waals surface area contributed by atoms with Crippen LogP contribution in [-0.4, -0.2) is 66.6 Å². The highest BCUT2D eigenvalue weighted by atomic mass is 32.2. The molecule has 3 fully saturated rings.